The highest BCUT2D eigenvalue weighted by molar-refractivity contribution is 7.80. The van der Waals surface area contributed by atoms with Gasteiger partial charge in [0.1, 0.15) is 0 Å². The zero-order chi connectivity index (χ0) is 14.8. The Morgan fingerprint density at radius 2 is 2.29 bits per heavy atom. The first kappa shape index (κ1) is 14.4. The molecule has 0 saturated carbocycles. The molecule has 0 unspecified atom stereocenters. The molecule has 6 heteroatoms. The summed E-state index contributed by atoms with van der Waals surface area (Å²) in [6, 6.07) is 8.13. The third-order valence-electron chi connectivity index (χ3n) is 3.71. The van der Waals surface area contributed by atoms with Gasteiger partial charge in [0, 0.05) is 17.6 Å². The van der Waals surface area contributed by atoms with E-state index in [0.29, 0.717) is 11.7 Å². The van der Waals surface area contributed by atoms with Crippen LogP contribution in [0.15, 0.2) is 35.8 Å². The van der Waals surface area contributed by atoms with Crippen LogP contribution in [0.2, 0.25) is 0 Å². The van der Waals surface area contributed by atoms with Crippen molar-refractivity contribution >= 4 is 28.7 Å². The first-order valence-corrected chi connectivity index (χ1v) is 8.14. The van der Waals surface area contributed by atoms with Crippen molar-refractivity contribution in [2.45, 2.75) is 19.0 Å². The lowest BCUT2D eigenvalue weighted by molar-refractivity contribution is 0.224. The Morgan fingerprint density at radius 3 is 2.90 bits per heavy atom. The van der Waals surface area contributed by atoms with E-state index in [2.05, 4.69) is 33.6 Å². The van der Waals surface area contributed by atoms with E-state index in [4.69, 9.17) is 12.2 Å². The van der Waals surface area contributed by atoms with Crippen LogP contribution in [0.5, 0.6) is 0 Å². The van der Waals surface area contributed by atoms with E-state index in [1.54, 1.807) is 17.5 Å². The molecule has 0 aliphatic carbocycles. The number of hydrogen-bond acceptors (Lipinski definition) is 4. The zero-order valence-electron chi connectivity index (χ0n) is 11.7. The minimum Gasteiger partial charge on any atom is -0.395 e. The van der Waals surface area contributed by atoms with Gasteiger partial charge in [-0.15, -0.1) is 11.3 Å². The molecular weight excluding hydrogens is 302 g/mol. The third-order valence-corrected chi connectivity index (χ3v) is 5.15. The molecule has 3 rings (SSSR count). The Bertz CT molecular complexity index is 629. The van der Waals surface area contributed by atoms with Gasteiger partial charge in [-0.1, -0.05) is 6.07 Å². The van der Waals surface area contributed by atoms with E-state index in [1.165, 1.54) is 10.4 Å². The van der Waals surface area contributed by atoms with Crippen molar-refractivity contribution in [2.75, 3.05) is 13.2 Å². The zero-order valence-corrected chi connectivity index (χ0v) is 13.3. The van der Waals surface area contributed by atoms with Crippen LogP contribution in [0.4, 0.5) is 0 Å². The largest absolute Gasteiger partial charge is 0.395 e. The predicted molar refractivity (Wildman–Crippen MR) is 88.3 cm³/mol. The standard InChI is InChI=1S/C15H17N3OS2/c1-10-5-9-21-14(10)13-12(11-4-2-3-6-16-11)17-15(20)18(13)7-8-19/h2-6,9,12-13,19H,7-8H2,1H3,(H,17,20)/t12-,13+/m0/s1. The highest BCUT2D eigenvalue weighted by atomic mass is 32.1. The number of thiocarbonyl (C=S) groups is 1. The molecule has 0 aromatic carbocycles. The van der Waals surface area contributed by atoms with E-state index in [-0.39, 0.29) is 18.7 Å². The van der Waals surface area contributed by atoms with Crippen LogP contribution in [0.3, 0.4) is 0 Å². The molecule has 21 heavy (non-hydrogen) atoms. The molecule has 0 radical (unpaired) electrons. The van der Waals surface area contributed by atoms with Crippen LogP contribution < -0.4 is 5.32 Å². The molecule has 2 N–H and O–H groups in total. The summed E-state index contributed by atoms with van der Waals surface area (Å²) in [6.45, 7) is 2.72. The second kappa shape index (κ2) is 6.09. The Kier molecular flexibility index (Phi) is 4.19. The number of β-amino-alcohol motifs (C(OH)–C–C–N with tert-alkyl or cyclic N) is 1. The van der Waals surface area contributed by atoms with Gasteiger partial charge in [0.15, 0.2) is 5.11 Å². The van der Waals surface area contributed by atoms with Gasteiger partial charge in [0.2, 0.25) is 0 Å². The van der Waals surface area contributed by atoms with E-state index in [9.17, 15) is 5.11 Å². The minimum atomic E-state index is 0.0163. The molecule has 2 atom stereocenters. The summed E-state index contributed by atoms with van der Waals surface area (Å²) < 4.78 is 0. The van der Waals surface area contributed by atoms with Crippen molar-refractivity contribution in [3.05, 3.63) is 52.0 Å². The fourth-order valence-corrected chi connectivity index (χ4v) is 4.13. The Balaban J connectivity index is 2.03. The highest BCUT2D eigenvalue weighted by Gasteiger charge is 2.40. The number of pyridine rings is 1. The minimum absolute atomic E-state index is 0.0163. The molecular formula is C15H17N3OS2. The van der Waals surface area contributed by atoms with Gasteiger partial charge in [-0.2, -0.15) is 0 Å². The van der Waals surface area contributed by atoms with Crippen LogP contribution in [0, 0.1) is 6.92 Å². The molecule has 1 saturated heterocycles. The summed E-state index contributed by atoms with van der Waals surface area (Å²) in [5.74, 6) is 0. The van der Waals surface area contributed by atoms with Crippen LogP contribution in [-0.2, 0) is 0 Å². The van der Waals surface area contributed by atoms with Crippen LogP contribution in [-0.4, -0.2) is 33.3 Å². The maximum Gasteiger partial charge on any atom is 0.170 e. The molecule has 2 aromatic rings. The van der Waals surface area contributed by atoms with Crippen molar-refractivity contribution < 1.29 is 5.11 Å². The van der Waals surface area contributed by atoms with Crippen molar-refractivity contribution in [3.8, 4) is 0 Å². The monoisotopic (exact) mass is 319 g/mol. The van der Waals surface area contributed by atoms with E-state index < -0.39 is 0 Å². The number of hydrogen-bond donors (Lipinski definition) is 2. The average Bonchev–Trinajstić information content (AvgIpc) is 3.05. The number of nitrogens with one attached hydrogen (secondary N) is 1. The van der Waals surface area contributed by atoms with E-state index in [1.807, 2.05) is 18.2 Å². The molecule has 1 fully saturated rings. The maximum atomic E-state index is 9.34. The summed E-state index contributed by atoms with van der Waals surface area (Å²) in [5.41, 5.74) is 2.22. The van der Waals surface area contributed by atoms with Crippen LogP contribution in [0.25, 0.3) is 0 Å². The number of aliphatic hydroxyl groups excluding tert-OH is 1. The van der Waals surface area contributed by atoms with E-state index >= 15 is 0 Å². The predicted octanol–water partition coefficient (Wildman–Crippen LogP) is 2.42. The summed E-state index contributed by atoms with van der Waals surface area (Å²) in [4.78, 5) is 7.81. The highest BCUT2D eigenvalue weighted by Crippen LogP contribution is 2.41. The van der Waals surface area contributed by atoms with Gasteiger partial charge < -0.3 is 15.3 Å². The lowest BCUT2D eigenvalue weighted by Gasteiger charge is -2.26. The molecule has 0 spiro atoms. The van der Waals surface area contributed by atoms with Crippen molar-refractivity contribution in [1.82, 2.24) is 15.2 Å². The molecule has 0 bridgehead atoms. The van der Waals surface area contributed by atoms with Crippen molar-refractivity contribution in [1.29, 1.82) is 0 Å². The molecule has 4 nitrogen and oxygen atoms in total. The Labute approximate surface area is 133 Å². The van der Waals surface area contributed by atoms with E-state index in [0.717, 1.165) is 5.69 Å². The number of nitrogens with zero attached hydrogens (tertiary/aromatic N) is 2. The molecule has 1 aliphatic rings. The van der Waals surface area contributed by atoms with Gasteiger partial charge >= 0.3 is 0 Å². The fourth-order valence-electron chi connectivity index (χ4n) is 2.73. The summed E-state index contributed by atoms with van der Waals surface area (Å²) in [6.07, 6.45) is 1.80. The molecule has 3 heterocycles. The summed E-state index contributed by atoms with van der Waals surface area (Å²) in [5, 5.41) is 15.5. The quantitative estimate of drug-likeness (QED) is 0.848. The first-order valence-electron chi connectivity index (χ1n) is 6.85. The van der Waals surface area contributed by atoms with Crippen molar-refractivity contribution in [3.63, 3.8) is 0 Å². The summed E-state index contributed by atoms with van der Waals surface area (Å²) >= 11 is 7.18. The average molecular weight is 319 g/mol. The van der Waals surface area contributed by atoms with Gasteiger partial charge in [-0.25, -0.2) is 0 Å². The second-order valence-corrected chi connectivity index (χ2v) is 6.35. The maximum absolute atomic E-state index is 9.34. The van der Waals surface area contributed by atoms with Crippen LogP contribution >= 0.6 is 23.6 Å². The number of aliphatic hydroxyl groups is 1. The number of rotatable bonds is 4. The topological polar surface area (TPSA) is 48.4 Å². The first-order chi connectivity index (χ1) is 10.2. The summed E-state index contributed by atoms with van der Waals surface area (Å²) in [7, 11) is 0. The normalized spacial score (nSPS) is 21.6. The van der Waals surface area contributed by atoms with Gasteiger partial charge in [-0.05, 0) is 48.3 Å². The molecule has 2 aromatic heterocycles. The lowest BCUT2D eigenvalue weighted by Crippen LogP contribution is -2.32. The number of thiophene rings is 1. The Hall–Kier alpha value is -1.50. The SMILES string of the molecule is Cc1ccsc1[C@H]1[C@H](c2ccccn2)NC(=S)N1CCO. The lowest BCUT2D eigenvalue weighted by atomic mass is 10.0. The smallest absolute Gasteiger partial charge is 0.170 e. The van der Waals surface area contributed by atoms with Gasteiger partial charge in [0.05, 0.1) is 24.4 Å². The molecule has 110 valence electrons. The molecule has 0 amide bonds. The number of aromatic nitrogens is 1. The third kappa shape index (κ3) is 2.66. The fraction of sp³-hybridized carbons (Fsp3) is 0.333. The van der Waals surface area contributed by atoms with Gasteiger partial charge in [-0.3, -0.25) is 4.98 Å². The second-order valence-electron chi connectivity index (χ2n) is 5.01. The van der Waals surface area contributed by atoms with Gasteiger partial charge in [0.25, 0.3) is 0 Å². The Morgan fingerprint density at radius 1 is 1.43 bits per heavy atom. The van der Waals surface area contributed by atoms with Crippen molar-refractivity contribution in [2.24, 2.45) is 0 Å². The van der Waals surface area contributed by atoms with Crippen LogP contribution in [0.1, 0.15) is 28.2 Å². The number of aryl methyl sites for hydroxylation is 1. The molecule has 1 aliphatic heterocycles.